The number of thiazole rings is 1. The Balaban J connectivity index is 1.26. The predicted molar refractivity (Wildman–Crippen MR) is 145 cm³/mol. The van der Waals surface area contributed by atoms with Crippen molar-refractivity contribution in [2.45, 2.75) is 44.4 Å². The van der Waals surface area contributed by atoms with E-state index in [0.717, 1.165) is 31.6 Å². The van der Waals surface area contributed by atoms with Crippen molar-refractivity contribution >= 4 is 37.9 Å². The number of halogens is 2. The van der Waals surface area contributed by atoms with Crippen LogP contribution in [0.3, 0.4) is 0 Å². The molecule has 3 fully saturated rings. The van der Waals surface area contributed by atoms with Gasteiger partial charge < -0.3 is 19.4 Å². The minimum atomic E-state index is -3.69. The zero-order valence-corrected chi connectivity index (χ0v) is 22.9. The quantitative estimate of drug-likeness (QED) is 0.403. The number of rotatable bonds is 8. The summed E-state index contributed by atoms with van der Waals surface area (Å²) < 4.78 is 59.8. The first-order valence-corrected chi connectivity index (χ1v) is 15.6. The molecule has 210 valence electrons. The van der Waals surface area contributed by atoms with Gasteiger partial charge in [0.05, 0.1) is 29.3 Å². The molecule has 2 aromatic heterocycles. The van der Waals surface area contributed by atoms with E-state index < -0.39 is 28.3 Å². The largest absolute Gasteiger partial charge is 0.395 e. The molecular weight excluding hydrogens is 550 g/mol. The Morgan fingerprint density at radius 1 is 1.03 bits per heavy atom. The summed E-state index contributed by atoms with van der Waals surface area (Å²) in [5, 5.41) is 15.7. The Bertz CT molecular complexity index is 1440. The van der Waals surface area contributed by atoms with Crippen molar-refractivity contribution in [2.24, 2.45) is 5.41 Å². The lowest BCUT2D eigenvalue weighted by Gasteiger charge is -2.34. The number of aromatic nitrogens is 3. The molecule has 1 spiro atoms. The predicted octanol–water partition coefficient (Wildman–Crippen LogP) is 4.21. The third-order valence-electron chi connectivity index (χ3n) is 7.90. The van der Waals surface area contributed by atoms with Gasteiger partial charge >= 0.3 is 0 Å². The van der Waals surface area contributed by atoms with Crippen LogP contribution in [0.5, 0.6) is 0 Å². The molecule has 6 rings (SSSR count). The molecule has 2 saturated heterocycles. The van der Waals surface area contributed by atoms with Crippen LogP contribution in [0.1, 0.15) is 38.5 Å². The van der Waals surface area contributed by atoms with E-state index in [4.69, 9.17) is 9.63 Å². The molecule has 0 bridgehead atoms. The van der Waals surface area contributed by atoms with E-state index in [0.29, 0.717) is 33.3 Å². The van der Waals surface area contributed by atoms with Crippen LogP contribution in [0.2, 0.25) is 0 Å². The van der Waals surface area contributed by atoms with Crippen molar-refractivity contribution in [1.82, 2.24) is 15.1 Å². The van der Waals surface area contributed by atoms with E-state index in [1.807, 2.05) is 4.90 Å². The summed E-state index contributed by atoms with van der Waals surface area (Å²) >= 11 is 1.36. The first-order valence-electron chi connectivity index (χ1n) is 13.1. The highest BCUT2D eigenvalue weighted by Crippen LogP contribution is 2.54. The highest BCUT2D eigenvalue weighted by molar-refractivity contribution is 7.92. The van der Waals surface area contributed by atoms with Crippen LogP contribution >= 0.6 is 11.3 Å². The molecule has 0 unspecified atom stereocenters. The summed E-state index contributed by atoms with van der Waals surface area (Å²) in [6, 6.07) is 5.16. The number of aliphatic hydroxyl groups is 1. The highest BCUT2D eigenvalue weighted by atomic mass is 32.2. The van der Waals surface area contributed by atoms with Gasteiger partial charge in [-0.15, -0.1) is 11.3 Å². The maximum atomic E-state index is 13.6. The Kier molecular flexibility index (Phi) is 6.74. The lowest BCUT2D eigenvalue weighted by atomic mass is 9.93. The third-order valence-corrected chi connectivity index (χ3v) is 10.1. The fourth-order valence-electron chi connectivity index (χ4n) is 5.26. The first kappa shape index (κ1) is 26.4. The van der Waals surface area contributed by atoms with Crippen molar-refractivity contribution in [3.63, 3.8) is 0 Å². The third kappa shape index (κ3) is 5.73. The molecule has 1 aromatic carbocycles. The number of nitrogens with one attached hydrogen (secondary N) is 1. The average Bonchev–Trinajstić information content (AvgIpc) is 3.28. The monoisotopic (exact) mass is 580 g/mol. The number of sulfonamides is 1. The zero-order chi connectivity index (χ0) is 27.3. The summed E-state index contributed by atoms with van der Waals surface area (Å²) in [4.78, 5) is 13.2. The molecule has 1 aliphatic carbocycles. The number of anilines is 3. The summed E-state index contributed by atoms with van der Waals surface area (Å²) in [6.45, 7) is 1.69. The molecule has 0 atom stereocenters. The van der Waals surface area contributed by atoms with Gasteiger partial charge in [0.25, 0.3) is 11.8 Å². The molecule has 39 heavy (non-hydrogen) atoms. The van der Waals surface area contributed by atoms with Gasteiger partial charge in [0.15, 0.2) is 5.13 Å². The maximum absolute atomic E-state index is 13.6. The molecule has 2 aliphatic heterocycles. The fraction of sp³-hybridized carbons (Fsp3) is 0.560. The van der Waals surface area contributed by atoms with Crippen molar-refractivity contribution in [1.29, 1.82) is 0 Å². The number of nitrogens with zero attached hydrogens (tertiary/aromatic N) is 5. The van der Waals surface area contributed by atoms with E-state index in [-0.39, 0.29) is 31.8 Å². The standard InChI is InChI=1S/C25H30F2N6O4S2/c26-25(27)7-11-33(12-8-25)23-28-19(16-38-23)21-29-22(37-30-21)18-2-1-17(31-39(35,36)14-13-34)15-20(18)32-9-5-24(3-4-24)6-10-32/h1-2,15-16,31,34H,3-14H2. The van der Waals surface area contributed by atoms with Crippen LogP contribution < -0.4 is 14.5 Å². The van der Waals surface area contributed by atoms with Crippen LogP contribution in [0, 0.1) is 5.41 Å². The zero-order valence-electron chi connectivity index (χ0n) is 21.3. The summed E-state index contributed by atoms with van der Waals surface area (Å²) in [5.74, 6) is -2.44. The minimum Gasteiger partial charge on any atom is -0.395 e. The van der Waals surface area contributed by atoms with Crippen molar-refractivity contribution in [3.05, 3.63) is 23.6 Å². The van der Waals surface area contributed by atoms with Crippen LogP contribution in [0.25, 0.3) is 23.0 Å². The number of hydrogen-bond donors (Lipinski definition) is 2. The number of piperidine rings is 2. The van der Waals surface area contributed by atoms with Crippen molar-refractivity contribution in [2.75, 3.05) is 53.1 Å². The molecule has 2 N–H and O–H groups in total. The van der Waals surface area contributed by atoms with E-state index >= 15 is 0 Å². The van der Waals surface area contributed by atoms with Gasteiger partial charge in [0, 0.05) is 44.4 Å². The molecule has 4 heterocycles. The number of benzene rings is 1. The van der Waals surface area contributed by atoms with Gasteiger partial charge in [-0.1, -0.05) is 5.16 Å². The lowest BCUT2D eigenvalue weighted by Crippen LogP contribution is -2.39. The second-order valence-corrected chi connectivity index (χ2v) is 13.3. The second kappa shape index (κ2) is 9.97. The highest BCUT2D eigenvalue weighted by Gasteiger charge is 2.44. The Morgan fingerprint density at radius 2 is 1.74 bits per heavy atom. The molecule has 3 aromatic rings. The first-order chi connectivity index (χ1) is 18.6. The fourth-order valence-corrected chi connectivity index (χ4v) is 6.95. The molecular formula is C25H30F2N6O4S2. The summed E-state index contributed by atoms with van der Waals surface area (Å²) in [7, 11) is -3.69. The van der Waals surface area contributed by atoms with Gasteiger partial charge in [-0.2, -0.15) is 4.98 Å². The SMILES string of the molecule is O=S(=O)(CCO)Nc1ccc(-c2nc(-c3csc(N4CCC(F)(F)CC4)n3)no2)c(N2CCC3(CC2)CC3)c1. The summed E-state index contributed by atoms with van der Waals surface area (Å²) in [5.41, 5.74) is 2.83. The van der Waals surface area contributed by atoms with Crippen LogP contribution in [0.4, 0.5) is 25.3 Å². The molecule has 3 aliphatic rings. The summed E-state index contributed by atoms with van der Waals surface area (Å²) in [6.07, 6.45) is 4.29. The van der Waals surface area contributed by atoms with E-state index in [9.17, 15) is 17.2 Å². The molecule has 1 saturated carbocycles. The number of hydrogen-bond acceptors (Lipinski definition) is 10. The molecule has 0 radical (unpaired) electrons. The molecule has 10 nitrogen and oxygen atoms in total. The minimum absolute atomic E-state index is 0.194. The number of aliphatic hydroxyl groups excluding tert-OH is 1. The Morgan fingerprint density at radius 3 is 2.44 bits per heavy atom. The lowest BCUT2D eigenvalue weighted by molar-refractivity contribution is -0.0220. The maximum Gasteiger partial charge on any atom is 0.260 e. The smallest absolute Gasteiger partial charge is 0.260 e. The van der Waals surface area contributed by atoms with Gasteiger partial charge in [-0.3, -0.25) is 4.72 Å². The van der Waals surface area contributed by atoms with Crippen LogP contribution in [-0.2, 0) is 10.0 Å². The van der Waals surface area contributed by atoms with E-state index in [1.165, 1.54) is 24.2 Å². The normalized spacial score (nSPS) is 20.4. The van der Waals surface area contributed by atoms with E-state index in [2.05, 4.69) is 24.7 Å². The van der Waals surface area contributed by atoms with Crippen LogP contribution in [0.15, 0.2) is 28.1 Å². The van der Waals surface area contributed by atoms with Crippen molar-refractivity contribution < 1.29 is 26.8 Å². The van der Waals surface area contributed by atoms with Gasteiger partial charge in [0.2, 0.25) is 15.8 Å². The molecule has 0 amide bonds. The Hall–Kier alpha value is -2.84. The number of alkyl halides is 2. The van der Waals surface area contributed by atoms with Crippen LogP contribution in [-0.4, -0.2) is 73.1 Å². The Labute approximate surface area is 229 Å². The van der Waals surface area contributed by atoms with Gasteiger partial charge in [0.1, 0.15) is 5.69 Å². The average molecular weight is 581 g/mol. The molecule has 14 heteroatoms. The van der Waals surface area contributed by atoms with Gasteiger partial charge in [-0.25, -0.2) is 22.2 Å². The second-order valence-electron chi connectivity index (χ2n) is 10.6. The topological polar surface area (TPSA) is 125 Å². The van der Waals surface area contributed by atoms with Gasteiger partial charge in [-0.05, 0) is 49.3 Å². The van der Waals surface area contributed by atoms with Crippen molar-refractivity contribution in [3.8, 4) is 23.0 Å². The van der Waals surface area contributed by atoms with E-state index in [1.54, 1.807) is 23.6 Å².